The second-order valence-electron chi connectivity index (χ2n) is 7.75. The van der Waals surface area contributed by atoms with Gasteiger partial charge >= 0.3 is 16.1 Å². The highest BCUT2D eigenvalue weighted by Gasteiger charge is 2.21. The smallest absolute Gasteiger partial charge is 0.339 e. The fourth-order valence-corrected chi connectivity index (χ4v) is 3.90. The number of hydrogen-bond acceptors (Lipinski definition) is 7. The third-order valence-corrected chi connectivity index (χ3v) is 5.78. The van der Waals surface area contributed by atoms with E-state index in [-0.39, 0.29) is 40.9 Å². The summed E-state index contributed by atoms with van der Waals surface area (Å²) in [6.45, 7) is 5.96. The summed E-state index contributed by atoms with van der Waals surface area (Å²) in [5.41, 5.74) is 1.10. The lowest BCUT2D eigenvalue weighted by Gasteiger charge is -2.24. The van der Waals surface area contributed by atoms with Gasteiger partial charge in [-0.2, -0.15) is 8.42 Å². The minimum atomic E-state index is -4.19. The molecule has 11 heteroatoms. The summed E-state index contributed by atoms with van der Waals surface area (Å²) in [5, 5.41) is 5.41. The van der Waals surface area contributed by atoms with Crippen molar-refractivity contribution in [2.45, 2.75) is 38.3 Å². The third-order valence-electron chi connectivity index (χ3n) is 4.53. The number of hydrogen-bond donors (Lipinski definition) is 2. The van der Waals surface area contributed by atoms with Crippen molar-refractivity contribution in [2.24, 2.45) is 0 Å². The summed E-state index contributed by atoms with van der Waals surface area (Å²) in [6.07, 6.45) is 0. The molecule has 2 aromatic carbocycles. The van der Waals surface area contributed by atoms with Crippen LogP contribution in [0.2, 0.25) is 0 Å². The molecular weight excluding hydrogens is 462 g/mol. The van der Waals surface area contributed by atoms with Crippen molar-refractivity contribution < 1.29 is 31.7 Å². The van der Waals surface area contributed by atoms with E-state index in [1.54, 1.807) is 24.1 Å². The molecule has 3 amide bonds. The second-order valence-corrected chi connectivity index (χ2v) is 9.29. The van der Waals surface area contributed by atoms with Crippen molar-refractivity contribution in [3.05, 3.63) is 48.0 Å². The Morgan fingerprint density at radius 3 is 2.26 bits per heavy atom. The van der Waals surface area contributed by atoms with Gasteiger partial charge in [-0.25, -0.2) is 4.79 Å². The average Bonchev–Trinajstić information content (AvgIpc) is 2.76. The number of urea groups is 1. The van der Waals surface area contributed by atoms with Crippen LogP contribution >= 0.6 is 0 Å². The molecule has 0 spiro atoms. The summed E-state index contributed by atoms with van der Waals surface area (Å²) < 4.78 is 41.4. The van der Waals surface area contributed by atoms with Crippen LogP contribution in [0.1, 0.15) is 26.3 Å². The van der Waals surface area contributed by atoms with E-state index in [9.17, 15) is 18.0 Å². The molecule has 2 aromatic rings. The van der Waals surface area contributed by atoms with Gasteiger partial charge in [-0.05, 0) is 55.8 Å². The number of carbonyl (C=O) groups excluding carboxylic acids is 2. The standard InChI is InChI=1S/C23H31N3O7S/c1-16(2)24-23(28)26(12-13-31-4)15-18-6-11-21(32-5)22(14-18)33-34(29,30)20-9-7-19(8-10-20)25-17(3)27/h6-11,14,16H,12-13,15H2,1-5H3,(H,24,28)(H,25,27). The molecule has 0 radical (unpaired) electrons. The summed E-state index contributed by atoms with van der Waals surface area (Å²) in [7, 11) is -1.24. The van der Waals surface area contributed by atoms with Gasteiger partial charge < -0.3 is 29.2 Å². The minimum absolute atomic E-state index is 0.0121. The Balaban J connectivity index is 2.28. The Kier molecular flexibility index (Phi) is 9.69. The van der Waals surface area contributed by atoms with Crippen LogP contribution in [0.5, 0.6) is 11.5 Å². The topological polar surface area (TPSA) is 123 Å². The molecule has 0 aliphatic heterocycles. The molecule has 34 heavy (non-hydrogen) atoms. The van der Waals surface area contributed by atoms with Crippen molar-refractivity contribution in [1.29, 1.82) is 0 Å². The average molecular weight is 494 g/mol. The van der Waals surface area contributed by atoms with Gasteiger partial charge in [-0.15, -0.1) is 0 Å². The maximum Gasteiger partial charge on any atom is 0.339 e. The van der Waals surface area contributed by atoms with E-state index in [2.05, 4.69) is 10.6 Å². The van der Waals surface area contributed by atoms with Gasteiger partial charge in [0.25, 0.3) is 0 Å². The molecule has 0 atom stereocenters. The van der Waals surface area contributed by atoms with Crippen LogP contribution < -0.4 is 19.6 Å². The highest BCUT2D eigenvalue weighted by Crippen LogP contribution is 2.31. The zero-order valence-electron chi connectivity index (χ0n) is 20.0. The Labute approximate surface area is 200 Å². The van der Waals surface area contributed by atoms with Crippen molar-refractivity contribution in [1.82, 2.24) is 10.2 Å². The van der Waals surface area contributed by atoms with Gasteiger partial charge in [0.05, 0.1) is 13.7 Å². The summed E-state index contributed by atoms with van der Waals surface area (Å²) in [5.74, 6) is -0.0609. The third kappa shape index (κ3) is 7.92. The molecule has 0 unspecified atom stereocenters. The summed E-state index contributed by atoms with van der Waals surface area (Å²) in [6, 6.07) is 10.1. The fourth-order valence-electron chi connectivity index (χ4n) is 2.97. The van der Waals surface area contributed by atoms with Crippen LogP contribution in [0, 0.1) is 0 Å². The van der Waals surface area contributed by atoms with Crippen LogP contribution in [0.15, 0.2) is 47.4 Å². The first-order chi connectivity index (χ1) is 16.1. The molecule has 0 aliphatic rings. The Morgan fingerprint density at radius 1 is 1.03 bits per heavy atom. The Bertz CT molecular complexity index is 1090. The molecule has 0 bridgehead atoms. The highest BCUT2D eigenvalue weighted by atomic mass is 32.2. The molecule has 10 nitrogen and oxygen atoms in total. The number of nitrogens with one attached hydrogen (secondary N) is 2. The first-order valence-corrected chi connectivity index (χ1v) is 12.0. The predicted octanol–water partition coefficient (Wildman–Crippen LogP) is 2.99. The van der Waals surface area contributed by atoms with E-state index in [1.165, 1.54) is 44.4 Å². The molecule has 0 saturated carbocycles. The van der Waals surface area contributed by atoms with E-state index >= 15 is 0 Å². The van der Waals surface area contributed by atoms with E-state index in [0.717, 1.165) is 0 Å². The van der Waals surface area contributed by atoms with E-state index < -0.39 is 10.1 Å². The molecular formula is C23H31N3O7S. The van der Waals surface area contributed by atoms with Gasteiger partial charge in [0.2, 0.25) is 5.91 Å². The monoisotopic (exact) mass is 493 g/mol. The lowest BCUT2D eigenvalue weighted by Crippen LogP contribution is -2.43. The van der Waals surface area contributed by atoms with Gasteiger partial charge in [0.1, 0.15) is 4.90 Å². The SMILES string of the molecule is COCCN(Cc1ccc(OC)c(OS(=O)(=O)c2ccc(NC(C)=O)cc2)c1)C(=O)NC(C)C. The molecule has 0 saturated heterocycles. The lowest BCUT2D eigenvalue weighted by molar-refractivity contribution is -0.114. The van der Waals surface area contributed by atoms with E-state index in [4.69, 9.17) is 13.7 Å². The number of methoxy groups -OCH3 is 2. The van der Waals surface area contributed by atoms with Crippen molar-refractivity contribution in [2.75, 3.05) is 32.7 Å². The van der Waals surface area contributed by atoms with E-state index in [0.29, 0.717) is 24.4 Å². The first kappa shape index (κ1) is 26.9. The predicted molar refractivity (Wildman–Crippen MR) is 128 cm³/mol. The first-order valence-electron chi connectivity index (χ1n) is 10.6. The maximum absolute atomic E-state index is 12.9. The quantitative estimate of drug-likeness (QED) is 0.461. The van der Waals surface area contributed by atoms with Crippen molar-refractivity contribution in [3.63, 3.8) is 0 Å². The van der Waals surface area contributed by atoms with Crippen LogP contribution in [-0.2, 0) is 26.2 Å². The largest absolute Gasteiger partial charge is 0.493 e. The van der Waals surface area contributed by atoms with E-state index in [1.807, 2.05) is 13.8 Å². The van der Waals surface area contributed by atoms with Crippen molar-refractivity contribution in [3.8, 4) is 11.5 Å². The van der Waals surface area contributed by atoms with Crippen molar-refractivity contribution >= 4 is 27.7 Å². The van der Waals surface area contributed by atoms with Crippen LogP contribution in [0.3, 0.4) is 0 Å². The minimum Gasteiger partial charge on any atom is -0.493 e. The van der Waals surface area contributed by atoms with Gasteiger partial charge in [-0.1, -0.05) is 6.07 Å². The number of nitrogens with zero attached hydrogens (tertiary/aromatic N) is 1. The van der Waals surface area contributed by atoms with Gasteiger partial charge in [0.15, 0.2) is 11.5 Å². The number of benzene rings is 2. The highest BCUT2D eigenvalue weighted by molar-refractivity contribution is 7.87. The number of rotatable bonds is 11. The molecule has 186 valence electrons. The number of anilines is 1. The normalized spacial score (nSPS) is 11.1. The number of carbonyl (C=O) groups is 2. The van der Waals surface area contributed by atoms with Gasteiger partial charge in [-0.3, -0.25) is 4.79 Å². The molecule has 0 aliphatic carbocycles. The number of amides is 3. The Hall–Kier alpha value is -3.31. The molecule has 0 fully saturated rings. The second kappa shape index (κ2) is 12.2. The molecule has 2 rings (SSSR count). The van der Waals surface area contributed by atoms with Gasteiger partial charge in [0, 0.05) is 38.9 Å². The molecule has 0 aromatic heterocycles. The fraction of sp³-hybridized carbons (Fsp3) is 0.391. The van der Waals surface area contributed by atoms with Crippen LogP contribution in [0.25, 0.3) is 0 Å². The zero-order valence-corrected chi connectivity index (χ0v) is 20.8. The maximum atomic E-state index is 12.9. The molecule has 0 heterocycles. The lowest BCUT2D eigenvalue weighted by atomic mass is 10.2. The molecule has 2 N–H and O–H groups in total. The number of ether oxygens (including phenoxy) is 2. The van der Waals surface area contributed by atoms with Crippen LogP contribution in [-0.4, -0.2) is 58.7 Å². The Morgan fingerprint density at radius 2 is 1.71 bits per heavy atom. The van der Waals surface area contributed by atoms with Crippen LogP contribution in [0.4, 0.5) is 10.5 Å². The zero-order chi connectivity index (χ0) is 25.3. The summed E-state index contributed by atoms with van der Waals surface area (Å²) >= 11 is 0. The summed E-state index contributed by atoms with van der Waals surface area (Å²) in [4.78, 5) is 25.2.